The molecule has 4 rings (SSSR count). The van der Waals surface area contributed by atoms with Crippen LogP contribution in [0.2, 0.25) is 0 Å². The lowest BCUT2D eigenvalue weighted by molar-refractivity contribution is -0.133. The summed E-state index contributed by atoms with van der Waals surface area (Å²) in [6.45, 7) is 6.14. The Morgan fingerprint density at radius 3 is 2.57 bits per heavy atom. The largest absolute Gasteiger partial charge is 0.351 e. The van der Waals surface area contributed by atoms with E-state index in [-0.39, 0.29) is 23.8 Å². The Bertz CT molecular complexity index is 1010. The number of carbonyl (C=O) groups is 3. The summed E-state index contributed by atoms with van der Waals surface area (Å²) >= 11 is 0. The summed E-state index contributed by atoms with van der Waals surface area (Å²) in [5.41, 5.74) is 0.840. The second-order valence-corrected chi connectivity index (χ2v) is 8.69. The molecular formula is C23H30N4O3. The molecule has 3 amide bonds. The highest BCUT2D eigenvalue weighted by Crippen LogP contribution is 2.39. The normalized spacial score (nSPS) is 21.7. The second-order valence-electron chi connectivity index (χ2n) is 8.69. The predicted octanol–water partition coefficient (Wildman–Crippen LogP) is 3.28. The van der Waals surface area contributed by atoms with Gasteiger partial charge in [-0.1, -0.05) is 38.0 Å². The molecule has 2 aromatic rings. The van der Waals surface area contributed by atoms with Crippen LogP contribution >= 0.6 is 0 Å². The highest BCUT2D eigenvalue weighted by Gasteiger charge is 2.49. The molecule has 7 nitrogen and oxygen atoms in total. The van der Waals surface area contributed by atoms with E-state index >= 15 is 0 Å². The molecule has 0 spiro atoms. The maximum Gasteiger partial charge on any atom is 0.273 e. The Kier molecular flexibility index (Phi) is 5.30. The number of hydrogen-bond acceptors (Lipinski definition) is 3. The summed E-state index contributed by atoms with van der Waals surface area (Å²) in [6, 6.07) is 7.82. The quantitative estimate of drug-likeness (QED) is 0.793. The number of fused-ring (bicyclic) bond motifs is 3. The van der Waals surface area contributed by atoms with Crippen molar-refractivity contribution in [3.05, 3.63) is 30.0 Å². The van der Waals surface area contributed by atoms with Crippen LogP contribution in [0.25, 0.3) is 10.9 Å². The van der Waals surface area contributed by atoms with Gasteiger partial charge in [-0.15, -0.1) is 0 Å². The first-order valence-corrected chi connectivity index (χ1v) is 10.9. The minimum absolute atomic E-state index is 0.0966. The second kappa shape index (κ2) is 7.78. The van der Waals surface area contributed by atoms with Crippen molar-refractivity contribution in [3.8, 4) is 0 Å². The first-order valence-electron chi connectivity index (χ1n) is 10.9. The van der Waals surface area contributed by atoms with E-state index in [0.29, 0.717) is 24.5 Å². The zero-order valence-electron chi connectivity index (χ0n) is 18.0. The number of nitrogens with zero attached hydrogens (tertiary/aromatic N) is 2. The van der Waals surface area contributed by atoms with Crippen molar-refractivity contribution in [1.29, 1.82) is 0 Å². The lowest BCUT2D eigenvalue weighted by atomic mass is 9.93. The molecular weight excluding hydrogens is 380 g/mol. The fourth-order valence-corrected chi connectivity index (χ4v) is 4.92. The first-order chi connectivity index (χ1) is 14.4. The van der Waals surface area contributed by atoms with Gasteiger partial charge in [-0.25, -0.2) is 0 Å². The fraction of sp³-hybridized carbons (Fsp3) is 0.522. The average molecular weight is 411 g/mol. The summed E-state index contributed by atoms with van der Waals surface area (Å²) in [7, 11) is 0. The Labute approximate surface area is 176 Å². The van der Waals surface area contributed by atoms with Gasteiger partial charge in [-0.3, -0.25) is 14.4 Å². The lowest BCUT2D eigenvalue weighted by Crippen LogP contribution is -2.64. The van der Waals surface area contributed by atoms with Gasteiger partial charge in [0.05, 0.1) is 17.7 Å². The van der Waals surface area contributed by atoms with Crippen LogP contribution in [0.5, 0.6) is 0 Å². The molecule has 30 heavy (non-hydrogen) atoms. The molecule has 1 fully saturated rings. The number of amides is 3. The first kappa shape index (κ1) is 20.4. The van der Waals surface area contributed by atoms with Gasteiger partial charge in [-0.05, 0) is 32.3 Å². The molecule has 1 atom stereocenters. The number of anilines is 1. The van der Waals surface area contributed by atoms with Crippen LogP contribution in [0.15, 0.2) is 24.3 Å². The molecule has 0 radical (unpaired) electrons. The van der Waals surface area contributed by atoms with E-state index in [1.807, 2.05) is 42.7 Å². The van der Waals surface area contributed by atoms with Gasteiger partial charge in [0.25, 0.3) is 5.91 Å². The predicted molar refractivity (Wildman–Crippen MR) is 116 cm³/mol. The van der Waals surface area contributed by atoms with E-state index in [1.54, 1.807) is 4.90 Å². The highest BCUT2D eigenvalue weighted by atomic mass is 16.2. The minimum Gasteiger partial charge on any atom is -0.351 e. The number of carbonyl (C=O) groups excluding carboxylic acids is 3. The van der Waals surface area contributed by atoms with E-state index in [0.717, 1.165) is 43.0 Å². The van der Waals surface area contributed by atoms with Crippen molar-refractivity contribution in [2.24, 2.45) is 0 Å². The maximum absolute atomic E-state index is 13.7. The number of rotatable bonds is 5. The topological polar surface area (TPSA) is 83.4 Å². The van der Waals surface area contributed by atoms with E-state index in [1.165, 1.54) is 6.92 Å². The summed E-state index contributed by atoms with van der Waals surface area (Å²) in [5, 5.41) is 6.87. The number of aromatic nitrogens is 1. The van der Waals surface area contributed by atoms with Crippen LogP contribution in [0.1, 0.15) is 63.4 Å². The summed E-state index contributed by atoms with van der Waals surface area (Å²) in [6.07, 6.45) is 4.99. The monoisotopic (exact) mass is 410 g/mol. The highest BCUT2D eigenvalue weighted by molar-refractivity contribution is 6.14. The van der Waals surface area contributed by atoms with Crippen LogP contribution in [0.3, 0.4) is 0 Å². The maximum atomic E-state index is 13.7. The van der Waals surface area contributed by atoms with Crippen molar-refractivity contribution < 1.29 is 14.4 Å². The van der Waals surface area contributed by atoms with Gasteiger partial charge >= 0.3 is 0 Å². The van der Waals surface area contributed by atoms with E-state index in [2.05, 4.69) is 10.6 Å². The van der Waals surface area contributed by atoms with Crippen LogP contribution in [-0.4, -0.2) is 45.3 Å². The summed E-state index contributed by atoms with van der Waals surface area (Å²) < 4.78 is 1.91. The third kappa shape index (κ3) is 3.26. The van der Waals surface area contributed by atoms with Gasteiger partial charge in [0, 0.05) is 24.9 Å². The molecule has 1 aromatic carbocycles. The van der Waals surface area contributed by atoms with Gasteiger partial charge in [0.1, 0.15) is 11.2 Å². The minimum atomic E-state index is -0.988. The number of benzene rings is 1. The van der Waals surface area contributed by atoms with E-state index < -0.39 is 5.54 Å². The standard InChI is InChI=1S/C23H30N4O3/c1-4-13-27-21(29)20-19(24-15(2)28)17-11-7-8-12-18(17)26(20)14-23(27,3)22(30)25-16-9-5-6-10-16/h7-8,11-12,16H,4-6,9-10,13-14H2,1-3H3,(H,24,28)(H,25,30). The molecule has 160 valence electrons. The smallest absolute Gasteiger partial charge is 0.273 e. The fourth-order valence-electron chi connectivity index (χ4n) is 4.92. The number of nitrogens with one attached hydrogen (secondary N) is 2. The molecule has 1 aliphatic carbocycles. The lowest BCUT2D eigenvalue weighted by Gasteiger charge is -2.44. The molecule has 1 unspecified atom stereocenters. The van der Waals surface area contributed by atoms with Crippen molar-refractivity contribution in [2.75, 3.05) is 11.9 Å². The van der Waals surface area contributed by atoms with Crippen molar-refractivity contribution in [3.63, 3.8) is 0 Å². The molecule has 2 heterocycles. The van der Waals surface area contributed by atoms with Crippen molar-refractivity contribution >= 4 is 34.3 Å². The molecule has 7 heteroatoms. The van der Waals surface area contributed by atoms with Gasteiger partial charge in [0.2, 0.25) is 11.8 Å². The third-order valence-electron chi connectivity index (χ3n) is 6.41. The average Bonchev–Trinajstić information content (AvgIpc) is 3.32. The van der Waals surface area contributed by atoms with Crippen LogP contribution in [0, 0.1) is 0 Å². The van der Waals surface area contributed by atoms with Crippen LogP contribution in [0.4, 0.5) is 5.69 Å². The Morgan fingerprint density at radius 2 is 1.90 bits per heavy atom. The van der Waals surface area contributed by atoms with E-state index in [9.17, 15) is 14.4 Å². The number of hydrogen-bond donors (Lipinski definition) is 2. The molecule has 0 saturated heterocycles. The van der Waals surface area contributed by atoms with Gasteiger partial charge in [0.15, 0.2) is 0 Å². The molecule has 2 N–H and O–H groups in total. The third-order valence-corrected chi connectivity index (χ3v) is 6.41. The SMILES string of the molecule is CCCN1C(=O)c2c(NC(C)=O)c3ccccc3n2CC1(C)C(=O)NC1CCCC1. The van der Waals surface area contributed by atoms with Gasteiger partial charge < -0.3 is 20.1 Å². The van der Waals surface area contributed by atoms with Gasteiger partial charge in [-0.2, -0.15) is 0 Å². The molecule has 1 aliphatic heterocycles. The van der Waals surface area contributed by atoms with Crippen molar-refractivity contribution in [1.82, 2.24) is 14.8 Å². The zero-order valence-corrected chi connectivity index (χ0v) is 18.0. The zero-order chi connectivity index (χ0) is 21.5. The Morgan fingerprint density at radius 1 is 1.20 bits per heavy atom. The summed E-state index contributed by atoms with van der Waals surface area (Å²) in [5.74, 6) is -0.538. The molecule has 0 bridgehead atoms. The van der Waals surface area contributed by atoms with Crippen LogP contribution < -0.4 is 10.6 Å². The van der Waals surface area contributed by atoms with E-state index in [4.69, 9.17) is 0 Å². The molecule has 2 aliphatic rings. The Balaban J connectivity index is 1.83. The van der Waals surface area contributed by atoms with Crippen molar-refractivity contribution in [2.45, 2.75) is 71.0 Å². The molecule has 1 saturated carbocycles. The number of para-hydroxylation sites is 1. The van der Waals surface area contributed by atoms with Crippen LogP contribution in [-0.2, 0) is 16.1 Å². The molecule has 1 aromatic heterocycles. The summed E-state index contributed by atoms with van der Waals surface area (Å²) in [4.78, 5) is 40.7. The Hall–Kier alpha value is -2.83.